The summed E-state index contributed by atoms with van der Waals surface area (Å²) in [6.45, 7) is 4.30. The minimum Gasteiger partial charge on any atom is -0.436 e. The molecule has 3 nitrogen and oxygen atoms in total. The van der Waals surface area contributed by atoms with E-state index in [1.807, 2.05) is 36.4 Å². The van der Waals surface area contributed by atoms with Gasteiger partial charge in [-0.2, -0.15) is 0 Å². The molecular weight excluding hydrogens is 382 g/mol. The normalized spacial score (nSPS) is 11.9. The Morgan fingerprint density at radius 3 is 2.34 bits per heavy atom. The van der Waals surface area contributed by atoms with Crippen LogP contribution < -0.4 is 0 Å². The summed E-state index contributed by atoms with van der Waals surface area (Å²) in [5.74, 6) is 0.494. The van der Waals surface area contributed by atoms with Gasteiger partial charge in [0.2, 0.25) is 5.89 Å². The standard InChI is InChI=1S/C25H20ClNO2/c1-16(2)18-13-11-17(12-14-18)15-20(24(28)19-7-3-4-8-21(19)26)25-27-22-9-5-6-10-23(22)29-25/h3-16H,1-2H3/b20-15+. The second-order valence-electron chi connectivity index (χ2n) is 7.18. The molecule has 0 atom stereocenters. The van der Waals surface area contributed by atoms with Crippen molar-refractivity contribution in [2.45, 2.75) is 19.8 Å². The molecule has 0 aliphatic carbocycles. The third-order valence-corrected chi connectivity index (χ3v) is 5.13. The van der Waals surface area contributed by atoms with Crippen LogP contribution in [0.25, 0.3) is 22.7 Å². The van der Waals surface area contributed by atoms with Gasteiger partial charge in [0.05, 0.1) is 10.6 Å². The highest BCUT2D eigenvalue weighted by Gasteiger charge is 2.22. The topological polar surface area (TPSA) is 43.1 Å². The molecule has 0 fully saturated rings. The predicted molar refractivity (Wildman–Crippen MR) is 118 cm³/mol. The molecule has 1 aromatic heterocycles. The number of oxazole rings is 1. The summed E-state index contributed by atoms with van der Waals surface area (Å²) in [6, 6.07) is 22.6. The van der Waals surface area contributed by atoms with Gasteiger partial charge in [0.1, 0.15) is 5.52 Å². The van der Waals surface area contributed by atoms with E-state index in [9.17, 15) is 4.79 Å². The third-order valence-electron chi connectivity index (χ3n) is 4.80. The average molecular weight is 402 g/mol. The molecular formula is C25H20ClNO2. The molecule has 0 aliphatic heterocycles. The lowest BCUT2D eigenvalue weighted by molar-refractivity contribution is 0.105. The van der Waals surface area contributed by atoms with Crippen LogP contribution >= 0.6 is 11.6 Å². The van der Waals surface area contributed by atoms with Crippen molar-refractivity contribution < 1.29 is 9.21 Å². The summed E-state index contributed by atoms with van der Waals surface area (Å²) in [4.78, 5) is 17.9. The fourth-order valence-corrected chi connectivity index (χ4v) is 3.37. The quantitative estimate of drug-likeness (QED) is 0.266. The first-order chi connectivity index (χ1) is 14.0. The number of benzene rings is 3. The van der Waals surface area contributed by atoms with E-state index in [0.29, 0.717) is 33.2 Å². The Hall–Kier alpha value is -3.17. The summed E-state index contributed by atoms with van der Waals surface area (Å²) in [5.41, 5.74) is 4.26. The largest absolute Gasteiger partial charge is 0.436 e. The molecule has 0 saturated carbocycles. The number of halogens is 1. The van der Waals surface area contributed by atoms with Gasteiger partial charge in [-0.1, -0.05) is 74.0 Å². The molecule has 0 N–H and O–H groups in total. The Morgan fingerprint density at radius 2 is 1.66 bits per heavy atom. The summed E-state index contributed by atoms with van der Waals surface area (Å²) < 4.78 is 5.90. The van der Waals surface area contributed by atoms with Crippen molar-refractivity contribution in [3.8, 4) is 0 Å². The molecule has 0 spiro atoms. The van der Waals surface area contributed by atoms with E-state index in [0.717, 1.165) is 5.56 Å². The van der Waals surface area contributed by atoms with Crippen LogP contribution in [0.4, 0.5) is 0 Å². The molecule has 3 aromatic carbocycles. The number of rotatable bonds is 5. The lowest BCUT2D eigenvalue weighted by atomic mass is 9.98. The number of Topliss-reactive ketones (excluding diaryl/α,β-unsaturated/α-hetero) is 1. The highest BCUT2D eigenvalue weighted by Crippen LogP contribution is 2.29. The Kier molecular flexibility index (Phi) is 5.32. The smallest absolute Gasteiger partial charge is 0.231 e. The van der Waals surface area contributed by atoms with Crippen molar-refractivity contribution in [2.24, 2.45) is 0 Å². The maximum Gasteiger partial charge on any atom is 0.231 e. The zero-order valence-electron chi connectivity index (χ0n) is 16.2. The number of aromatic nitrogens is 1. The van der Waals surface area contributed by atoms with Crippen LogP contribution in [0, 0.1) is 0 Å². The van der Waals surface area contributed by atoms with Crippen molar-refractivity contribution in [3.63, 3.8) is 0 Å². The minimum absolute atomic E-state index is 0.227. The lowest BCUT2D eigenvalue weighted by Crippen LogP contribution is -2.04. The number of hydrogen-bond acceptors (Lipinski definition) is 3. The number of para-hydroxylation sites is 2. The highest BCUT2D eigenvalue weighted by molar-refractivity contribution is 6.40. The van der Waals surface area contributed by atoms with Gasteiger partial charge in [-0.05, 0) is 47.4 Å². The SMILES string of the molecule is CC(C)c1ccc(/C=C(\C(=O)c2ccccc2Cl)c2nc3ccccc3o2)cc1. The number of allylic oxidation sites excluding steroid dienone is 1. The Balaban J connectivity index is 1.84. The van der Waals surface area contributed by atoms with Gasteiger partial charge in [0.15, 0.2) is 11.4 Å². The highest BCUT2D eigenvalue weighted by atomic mass is 35.5. The molecule has 0 saturated heterocycles. The maximum atomic E-state index is 13.4. The molecule has 4 rings (SSSR count). The van der Waals surface area contributed by atoms with Crippen molar-refractivity contribution in [1.29, 1.82) is 0 Å². The Bertz CT molecular complexity index is 1170. The molecule has 29 heavy (non-hydrogen) atoms. The van der Waals surface area contributed by atoms with E-state index in [1.54, 1.807) is 30.3 Å². The number of carbonyl (C=O) groups excluding carboxylic acids is 1. The molecule has 0 unspecified atom stereocenters. The van der Waals surface area contributed by atoms with Crippen molar-refractivity contribution in [1.82, 2.24) is 4.98 Å². The van der Waals surface area contributed by atoms with Gasteiger partial charge < -0.3 is 4.42 Å². The van der Waals surface area contributed by atoms with Gasteiger partial charge in [-0.25, -0.2) is 4.98 Å². The fourth-order valence-electron chi connectivity index (χ4n) is 3.15. The first-order valence-electron chi connectivity index (χ1n) is 9.50. The molecule has 0 aliphatic rings. The summed E-state index contributed by atoms with van der Waals surface area (Å²) in [5, 5.41) is 0.398. The monoisotopic (exact) mass is 401 g/mol. The van der Waals surface area contributed by atoms with E-state index in [2.05, 4.69) is 31.0 Å². The number of nitrogens with zero attached hydrogens (tertiary/aromatic N) is 1. The van der Waals surface area contributed by atoms with Crippen LogP contribution in [0.15, 0.2) is 77.2 Å². The van der Waals surface area contributed by atoms with E-state index < -0.39 is 0 Å². The Labute approximate surface area is 174 Å². The summed E-state index contributed by atoms with van der Waals surface area (Å²) in [7, 11) is 0. The zero-order valence-corrected chi connectivity index (χ0v) is 17.0. The van der Waals surface area contributed by atoms with Crippen molar-refractivity contribution in [2.75, 3.05) is 0 Å². The van der Waals surface area contributed by atoms with Crippen LogP contribution in [0.2, 0.25) is 5.02 Å². The number of hydrogen-bond donors (Lipinski definition) is 0. The van der Waals surface area contributed by atoms with Gasteiger partial charge in [-0.15, -0.1) is 0 Å². The van der Waals surface area contributed by atoms with E-state index >= 15 is 0 Å². The zero-order chi connectivity index (χ0) is 20.4. The Morgan fingerprint density at radius 1 is 0.966 bits per heavy atom. The predicted octanol–water partition coefficient (Wildman–Crippen LogP) is 7.03. The fraction of sp³-hybridized carbons (Fsp3) is 0.120. The number of carbonyl (C=O) groups is 1. The van der Waals surface area contributed by atoms with Crippen LogP contribution in [0.5, 0.6) is 0 Å². The van der Waals surface area contributed by atoms with Gasteiger partial charge in [0.25, 0.3) is 0 Å². The number of fused-ring (bicyclic) bond motifs is 1. The lowest BCUT2D eigenvalue weighted by Gasteiger charge is -2.07. The van der Waals surface area contributed by atoms with Crippen LogP contribution in [0.3, 0.4) is 0 Å². The van der Waals surface area contributed by atoms with Gasteiger partial charge in [0, 0.05) is 5.56 Å². The second-order valence-corrected chi connectivity index (χ2v) is 7.58. The van der Waals surface area contributed by atoms with E-state index in [1.165, 1.54) is 5.56 Å². The molecule has 1 heterocycles. The first-order valence-corrected chi connectivity index (χ1v) is 9.87. The molecule has 0 amide bonds. The molecule has 0 radical (unpaired) electrons. The molecule has 144 valence electrons. The third kappa shape index (κ3) is 4.01. The number of ketones is 1. The van der Waals surface area contributed by atoms with Crippen molar-refractivity contribution in [3.05, 3.63) is 100 Å². The van der Waals surface area contributed by atoms with Gasteiger partial charge >= 0.3 is 0 Å². The van der Waals surface area contributed by atoms with E-state index in [4.69, 9.17) is 16.0 Å². The van der Waals surface area contributed by atoms with Crippen LogP contribution in [0.1, 0.15) is 47.1 Å². The van der Waals surface area contributed by atoms with Gasteiger partial charge in [-0.3, -0.25) is 4.79 Å². The average Bonchev–Trinajstić information content (AvgIpc) is 3.16. The summed E-state index contributed by atoms with van der Waals surface area (Å²) in [6.07, 6.45) is 1.81. The van der Waals surface area contributed by atoms with Crippen molar-refractivity contribution >= 4 is 40.1 Å². The minimum atomic E-state index is -0.227. The van der Waals surface area contributed by atoms with Crippen LogP contribution in [-0.2, 0) is 0 Å². The molecule has 4 heteroatoms. The molecule has 0 bridgehead atoms. The second kappa shape index (κ2) is 8.06. The summed E-state index contributed by atoms with van der Waals surface area (Å²) >= 11 is 6.29. The van der Waals surface area contributed by atoms with E-state index in [-0.39, 0.29) is 11.7 Å². The van der Waals surface area contributed by atoms with Crippen LogP contribution in [-0.4, -0.2) is 10.8 Å². The maximum absolute atomic E-state index is 13.4. The molecule has 4 aromatic rings. The first kappa shape index (κ1) is 19.2.